The quantitative estimate of drug-likeness (QED) is 0.276. The predicted molar refractivity (Wildman–Crippen MR) is 157 cm³/mol. The Hall–Kier alpha value is -4.31. The number of hydrogen-bond donors (Lipinski definition) is 2. The van der Waals surface area contributed by atoms with Crippen LogP contribution in [0.1, 0.15) is 62.3 Å². The number of rotatable bonds is 8. The number of carbonyl (C=O) groups is 2. The number of nitrogens with zero attached hydrogens (tertiary/aromatic N) is 1. The molecule has 0 radical (unpaired) electrons. The highest BCUT2D eigenvalue weighted by atomic mass is 32.2. The summed E-state index contributed by atoms with van der Waals surface area (Å²) in [5.74, 6) is -1.33. The van der Waals surface area contributed by atoms with Crippen LogP contribution >= 0.6 is 0 Å². The van der Waals surface area contributed by atoms with Crippen molar-refractivity contribution in [2.75, 3.05) is 12.4 Å². The molecule has 1 aliphatic rings. The summed E-state index contributed by atoms with van der Waals surface area (Å²) in [5.41, 5.74) is 1.59. The summed E-state index contributed by atoms with van der Waals surface area (Å²) in [6.45, 7) is -2.77. The van der Waals surface area contributed by atoms with Gasteiger partial charge >= 0.3 is 6.09 Å². The second-order valence-electron chi connectivity index (χ2n) is 9.79. The van der Waals surface area contributed by atoms with Gasteiger partial charge in [0, 0.05) is 45.9 Å². The summed E-state index contributed by atoms with van der Waals surface area (Å²) in [7, 11) is -5.74. The van der Waals surface area contributed by atoms with E-state index in [1.807, 2.05) is 22.5 Å². The van der Waals surface area contributed by atoms with Crippen molar-refractivity contribution in [2.45, 2.75) is 49.9 Å². The number of anilines is 1. The van der Waals surface area contributed by atoms with Gasteiger partial charge in [0.15, 0.2) is 0 Å². The first kappa shape index (κ1) is 20.5. The van der Waals surface area contributed by atoms with E-state index in [0.29, 0.717) is 29.7 Å². The van der Waals surface area contributed by atoms with Gasteiger partial charge in [0.2, 0.25) is 0 Å². The normalized spacial score (nSPS) is 17.6. The van der Waals surface area contributed by atoms with E-state index in [2.05, 4.69) is 5.32 Å². The van der Waals surface area contributed by atoms with Crippen LogP contribution in [0.15, 0.2) is 71.8 Å². The van der Waals surface area contributed by atoms with Crippen LogP contribution in [-0.2, 0) is 28.2 Å². The Morgan fingerprint density at radius 2 is 1.88 bits per heavy atom. The second kappa shape index (κ2) is 11.7. The molecule has 0 bridgehead atoms. The van der Waals surface area contributed by atoms with Gasteiger partial charge in [-0.1, -0.05) is 24.3 Å². The third kappa shape index (κ3) is 6.22. The van der Waals surface area contributed by atoms with E-state index in [-0.39, 0.29) is 17.7 Å². The average Bonchev–Trinajstić information content (AvgIpc) is 3.54. The van der Waals surface area contributed by atoms with E-state index in [1.165, 1.54) is 24.3 Å². The molecular formula is C31H33N3O6S. The van der Waals surface area contributed by atoms with Crippen LogP contribution in [0.2, 0.25) is 0 Å². The fraction of sp³-hybridized carbons (Fsp3) is 0.290. The fourth-order valence-electron chi connectivity index (χ4n) is 4.92. The number of sulfonamides is 1. The van der Waals surface area contributed by atoms with Crippen molar-refractivity contribution in [2.24, 2.45) is 7.05 Å². The van der Waals surface area contributed by atoms with Crippen molar-refractivity contribution < 1.29 is 37.1 Å². The van der Waals surface area contributed by atoms with Gasteiger partial charge < -0.3 is 14.0 Å². The zero-order valence-corrected chi connectivity index (χ0v) is 23.0. The molecule has 4 aromatic rings. The van der Waals surface area contributed by atoms with Crippen LogP contribution in [0.5, 0.6) is 5.75 Å². The molecule has 1 heterocycles. The maximum absolute atomic E-state index is 13.1. The van der Waals surface area contributed by atoms with Crippen molar-refractivity contribution in [1.82, 2.24) is 9.29 Å². The van der Waals surface area contributed by atoms with Crippen LogP contribution in [0.3, 0.4) is 0 Å². The highest BCUT2D eigenvalue weighted by molar-refractivity contribution is 7.90. The molecule has 1 fully saturated rings. The Morgan fingerprint density at radius 3 is 2.66 bits per heavy atom. The molecule has 3 aromatic carbocycles. The van der Waals surface area contributed by atoms with Crippen molar-refractivity contribution in [3.8, 4) is 5.75 Å². The molecule has 10 heteroatoms. The van der Waals surface area contributed by atoms with Gasteiger partial charge in [-0.15, -0.1) is 0 Å². The van der Waals surface area contributed by atoms with Gasteiger partial charge in [0.05, 0.1) is 17.4 Å². The number of ether oxygens (including phenoxy) is 2. The lowest BCUT2D eigenvalue weighted by atomic mass is 10.0. The molecule has 1 aliphatic carbocycles. The number of benzene rings is 3. The number of hydrogen-bond acceptors (Lipinski definition) is 6. The largest absolute Gasteiger partial charge is 0.496 e. The van der Waals surface area contributed by atoms with Gasteiger partial charge in [-0.05, 0) is 85.6 Å². The van der Waals surface area contributed by atoms with E-state index < -0.39 is 52.5 Å². The highest BCUT2D eigenvalue weighted by Gasteiger charge is 2.22. The van der Waals surface area contributed by atoms with Crippen LogP contribution in [0.25, 0.3) is 10.9 Å². The van der Waals surface area contributed by atoms with E-state index >= 15 is 0 Å². The molecule has 2 N–H and O–H groups in total. The Labute approximate surface area is 249 Å². The Balaban J connectivity index is 1.42. The molecule has 0 aliphatic heterocycles. The third-order valence-electron chi connectivity index (χ3n) is 6.94. The number of aryl methyl sites for hydroxylation is 2. The summed E-state index contributed by atoms with van der Waals surface area (Å²) in [6, 6.07) is 13.9. The van der Waals surface area contributed by atoms with Gasteiger partial charge in [-0.25, -0.2) is 17.9 Å². The molecule has 9 nitrogen and oxygen atoms in total. The molecule has 0 atom stereocenters. The number of fused-ring (bicyclic) bond motifs is 1. The molecule has 2 amide bonds. The smallest absolute Gasteiger partial charge is 0.411 e. The molecule has 1 saturated carbocycles. The first-order valence-corrected chi connectivity index (χ1v) is 14.4. The van der Waals surface area contributed by atoms with Gasteiger partial charge in [-0.2, -0.15) is 0 Å². The summed E-state index contributed by atoms with van der Waals surface area (Å²) in [5, 5.41) is 3.40. The highest BCUT2D eigenvalue weighted by Crippen LogP contribution is 2.30. The maximum atomic E-state index is 13.1. The number of methoxy groups -OCH3 is 1. The number of nitrogens with one attached hydrogen (secondary N) is 2. The molecule has 41 heavy (non-hydrogen) atoms. The molecule has 214 valence electrons. The van der Waals surface area contributed by atoms with Crippen molar-refractivity contribution in [3.05, 3.63) is 89.1 Å². The zero-order chi connectivity index (χ0) is 35.1. The summed E-state index contributed by atoms with van der Waals surface area (Å²) < 4.78 is 94.8. The van der Waals surface area contributed by atoms with Crippen molar-refractivity contribution in [3.63, 3.8) is 0 Å². The lowest BCUT2D eigenvalue weighted by molar-refractivity contribution is 0.0980. The van der Waals surface area contributed by atoms with Crippen LogP contribution in [0, 0.1) is 6.85 Å². The maximum Gasteiger partial charge on any atom is 0.411 e. The van der Waals surface area contributed by atoms with Gasteiger partial charge in [-0.3, -0.25) is 10.1 Å². The SMILES string of the molecule is [2H]C([2H])([2H])Oc1cc(C(=O)NS(=O)(=O)c2ccccc2C([2H])([2H])[2H])ccc1Cc1cn(C)c2ccc(NC(=O)OC3([2H])CCCC3)cc12. The topological polar surface area (TPSA) is 116 Å². The Bertz CT molecular complexity index is 1980. The number of carbonyl (C=O) groups excluding carboxylic acids is 2. The van der Waals surface area contributed by atoms with Crippen LogP contribution in [0.4, 0.5) is 10.5 Å². The lowest BCUT2D eigenvalue weighted by Gasteiger charge is -2.13. The first-order valence-electron chi connectivity index (χ1n) is 16.4. The zero-order valence-electron chi connectivity index (χ0n) is 29.2. The number of aromatic nitrogens is 1. The third-order valence-corrected chi connectivity index (χ3v) is 8.33. The van der Waals surface area contributed by atoms with Gasteiger partial charge in [0.25, 0.3) is 15.9 Å². The van der Waals surface area contributed by atoms with E-state index in [0.717, 1.165) is 41.9 Å². The van der Waals surface area contributed by atoms with Crippen LogP contribution in [-0.4, -0.2) is 38.1 Å². The molecule has 0 unspecified atom stereocenters. The standard InChI is InChI=1S/C31H33N3O6S/c1-20-8-4-7-11-29(20)41(37,38)33-30(35)22-13-12-21(28(17-22)39-3)16-23-19-34(2)27-15-14-24(18-26(23)27)32-31(36)40-25-9-5-6-10-25/h4,7-8,11-15,17-19,25H,5-6,9-10,16H2,1-3H3,(H,32,36)(H,33,35)/i1D3,3D3,25D. The lowest BCUT2D eigenvalue weighted by Crippen LogP contribution is -2.31. The molecule has 0 saturated heterocycles. The minimum atomic E-state index is -4.64. The summed E-state index contributed by atoms with van der Waals surface area (Å²) >= 11 is 0. The molecule has 5 rings (SSSR count). The first-order chi connectivity index (χ1) is 22.3. The Kier molecular flexibility index (Phi) is 5.84. The van der Waals surface area contributed by atoms with Crippen molar-refractivity contribution in [1.29, 1.82) is 0 Å². The molecule has 1 aromatic heterocycles. The van der Waals surface area contributed by atoms with E-state index in [9.17, 15) is 18.0 Å². The minimum absolute atomic E-state index is 0.124. The van der Waals surface area contributed by atoms with Crippen LogP contribution < -0.4 is 14.8 Å². The fourth-order valence-corrected chi connectivity index (χ4v) is 6.00. The number of amides is 2. The second-order valence-corrected chi connectivity index (χ2v) is 11.4. The summed E-state index contributed by atoms with van der Waals surface area (Å²) in [6.07, 6.45) is 2.52. The van der Waals surface area contributed by atoms with E-state index in [1.54, 1.807) is 18.2 Å². The minimum Gasteiger partial charge on any atom is -0.496 e. The molecular weight excluding hydrogens is 542 g/mol. The predicted octanol–water partition coefficient (Wildman–Crippen LogP) is 5.70. The Morgan fingerprint density at radius 1 is 1.07 bits per heavy atom. The monoisotopic (exact) mass is 582 g/mol. The summed E-state index contributed by atoms with van der Waals surface area (Å²) in [4.78, 5) is 25.1. The van der Waals surface area contributed by atoms with Crippen molar-refractivity contribution >= 4 is 38.6 Å². The van der Waals surface area contributed by atoms with Gasteiger partial charge in [0.1, 0.15) is 11.8 Å². The average molecular weight is 583 g/mol. The molecule has 0 spiro atoms. The van der Waals surface area contributed by atoms with E-state index in [4.69, 9.17) is 19.1 Å².